The van der Waals surface area contributed by atoms with Crippen LogP contribution >= 0.6 is 11.8 Å². The van der Waals surface area contributed by atoms with Gasteiger partial charge in [-0.15, -0.1) is 0 Å². The van der Waals surface area contributed by atoms with Crippen LogP contribution in [0, 0.1) is 0 Å². The van der Waals surface area contributed by atoms with Crippen molar-refractivity contribution in [3.8, 4) is 11.5 Å². The van der Waals surface area contributed by atoms with Crippen LogP contribution in [-0.2, 0) is 16.1 Å². The predicted molar refractivity (Wildman–Crippen MR) is 139 cm³/mol. The monoisotopic (exact) mass is 510 g/mol. The first-order valence-electron chi connectivity index (χ1n) is 12.2. The third kappa shape index (κ3) is 5.29. The minimum absolute atomic E-state index is 0.0824. The molecule has 1 amide bonds. The van der Waals surface area contributed by atoms with Crippen molar-refractivity contribution in [3.63, 3.8) is 0 Å². The minimum atomic E-state index is -0.141. The molecule has 10 heteroatoms. The molecule has 0 spiro atoms. The van der Waals surface area contributed by atoms with E-state index in [0.29, 0.717) is 47.3 Å². The number of amides is 1. The zero-order valence-corrected chi connectivity index (χ0v) is 21.3. The Morgan fingerprint density at radius 1 is 1.14 bits per heavy atom. The molecule has 1 aromatic heterocycles. The van der Waals surface area contributed by atoms with Crippen molar-refractivity contribution in [2.24, 2.45) is 0 Å². The molecule has 0 saturated carbocycles. The molecule has 3 aromatic rings. The van der Waals surface area contributed by atoms with Crippen molar-refractivity contribution in [2.45, 2.75) is 38.0 Å². The van der Waals surface area contributed by atoms with Crippen LogP contribution in [0.4, 0.5) is 5.69 Å². The van der Waals surface area contributed by atoms with Gasteiger partial charge >= 0.3 is 0 Å². The molecule has 5 rings (SSSR count). The summed E-state index contributed by atoms with van der Waals surface area (Å²) in [7, 11) is 0. The Balaban J connectivity index is 1.50. The molecule has 0 radical (unpaired) electrons. The van der Waals surface area contributed by atoms with Crippen LogP contribution in [0.1, 0.15) is 25.8 Å². The molecule has 9 nitrogen and oxygen atoms in total. The summed E-state index contributed by atoms with van der Waals surface area (Å²) < 4.78 is 18.0. The summed E-state index contributed by atoms with van der Waals surface area (Å²) in [4.78, 5) is 33.3. The molecule has 1 unspecified atom stereocenters. The number of ether oxygens (including phenoxy) is 3. The van der Waals surface area contributed by atoms with Crippen molar-refractivity contribution in [2.75, 3.05) is 43.7 Å². The summed E-state index contributed by atoms with van der Waals surface area (Å²) in [5.41, 5.74) is 2.34. The van der Waals surface area contributed by atoms with E-state index >= 15 is 0 Å². The van der Waals surface area contributed by atoms with Gasteiger partial charge in [-0.2, -0.15) is 0 Å². The number of hydrogen-bond donors (Lipinski definition) is 1. The smallest absolute Gasteiger partial charge is 0.262 e. The average Bonchev–Trinajstić information content (AvgIpc) is 3.37. The molecule has 2 aromatic carbocycles. The molecule has 3 heterocycles. The highest BCUT2D eigenvalue weighted by Gasteiger charge is 2.19. The number of thioether (sulfide) groups is 1. The predicted octanol–water partition coefficient (Wildman–Crippen LogP) is 3.02. The maximum Gasteiger partial charge on any atom is 0.262 e. The van der Waals surface area contributed by atoms with Crippen LogP contribution in [0.2, 0.25) is 0 Å². The molecular weight excluding hydrogens is 480 g/mol. The van der Waals surface area contributed by atoms with Crippen molar-refractivity contribution < 1.29 is 19.0 Å². The van der Waals surface area contributed by atoms with Gasteiger partial charge in [-0.3, -0.25) is 14.2 Å². The van der Waals surface area contributed by atoms with Crippen LogP contribution in [0.3, 0.4) is 0 Å². The van der Waals surface area contributed by atoms with E-state index in [2.05, 4.69) is 10.2 Å². The minimum Gasteiger partial charge on any atom is -0.454 e. The van der Waals surface area contributed by atoms with Gasteiger partial charge in [0.05, 0.1) is 36.4 Å². The van der Waals surface area contributed by atoms with E-state index in [9.17, 15) is 9.59 Å². The van der Waals surface area contributed by atoms with Gasteiger partial charge in [0, 0.05) is 24.8 Å². The first kappa shape index (κ1) is 24.5. The third-order valence-electron chi connectivity index (χ3n) is 6.41. The number of morpholine rings is 1. The lowest BCUT2D eigenvalue weighted by Gasteiger charge is -2.29. The number of fused-ring (bicyclic) bond motifs is 2. The Morgan fingerprint density at radius 2 is 1.94 bits per heavy atom. The maximum absolute atomic E-state index is 13.8. The number of carbonyl (C=O) groups is 1. The highest BCUT2D eigenvalue weighted by molar-refractivity contribution is 7.99. The van der Waals surface area contributed by atoms with Gasteiger partial charge in [-0.05, 0) is 49.2 Å². The van der Waals surface area contributed by atoms with Gasteiger partial charge in [-0.1, -0.05) is 24.8 Å². The average molecular weight is 511 g/mol. The topological polar surface area (TPSA) is 94.9 Å². The molecular formula is C26H30N4O5S. The Morgan fingerprint density at radius 3 is 2.75 bits per heavy atom. The molecule has 0 bridgehead atoms. The van der Waals surface area contributed by atoms with Crippen molar-refractivity contribution in [1.29, 1.82) is 0 Å². The standard InChI is InChI=1S/C26H30N4O5S/c1-3-17(2)27-24(31)15-36-26-28-21-6-5-19(29-8-10-33-11-9-29)13-20(21)25(32)30(26)14-18-4-7-22-23(12-18)35-16-34-22/h4-7,12-13,17H,3,8-11,14-16H2,1-2H3,(H,27,31). The lowest BCUT2D eigenvalue weighted by molar-refractivity contribution is -0.119. The first-order chi connectivity index (χ1) is 17.5. The largest absolute Gasteiger partial charge is 0.454 e. The van der Waals surface area contributed by atoms with Crippen LogP contribution in [-0.4, -0.2) is 60.3 Å². The fourth-order valence-corrected chi connectivity index (χ4v) is 5.04. The zero-order chi connectivity index (χ0) is 25.1. The number of anilines is 1. The summed E-state index contributed by atoms with van der Waals surface area (Å²) >= 11 is 1.27. The second kappa shape index (κ2) is 10.8. The molecule has 1 fully saturated rings. The van der Waals surface area contributed by atoms with Crippen LogP contribution in [0.15, 0.2) is 46.3 Å². The fraction of sp³-hybridized carbons (Fsp3) is 0.423. The highest BCUT2D eigenvalue weighted by Crippen LogP contribution is 2.33. The normalized spacial score (nSPS) is 15.8. The zero-order valence-electron chi connectivity index (χ0n) is 20.5. The van der Waals surface area contributed by atoms with E-state index in [-0.39, 0.29) is 30.1 Å². The Hall–Kier alpha value is -3.24. The van der Waals surface area contributed by atoms with Gasteiger partial charge in [0.15, 0.2) is 16.7 Å². The number of nitrogens with zero attached hydrogens (tertiary/aromatic N) is 3. The van der Waals surface area contributed by atoms with Crippen molar-refractivity contribution in [3.05, 3.63) is 52.3 Å². The number of aromatic nitrogens is 2. The van der Waals surface area contributed by atoms with Gasteiger partial charge in [0.25, 0.3) is 5.56 Å². The summed E-state index contributed by atoms with van der Waals surface area (Å²) in [6, 6.07) is 11.5. The van der Waals surface area contributed by atoms with E-state index in [0.717, 1.165) is 30.8 Å². The number of benzene rings is 2. The molecule has 190 valence electrons. The molecule has 1 atom stereocenters. The number of rotatable bonds is 8. The second-order valence-electron chi connectivity index (χ2n) is 8.94. The van der Waals surface area contributed by atoms with E-state index in [1.807, 2.05) is 50.2 Å². The lowest BCUT2D eigenvalue weighted by Crippen LogP contribution is -2.36. The first-order valence-corrected chi connectivity index (χ1v) is 13.2. The molecule has 36 heavy (non-hydrogen) atoms. The maximum atomic E-state index is 13.8. The number of carbonyl (C=O) groups excluding carboxylic acids is 1. The molecule has 0 aliphatic carbocycles. The van der Waals surface area contributed by atoms with Crippen LogP contribution in [0.5, 0.6) is 11.5 Å². The second-order valence-corrected chi connectivity index (χ2v) is 9.88. The van der Waals surface area contributed by atoms with Crippen LogP contribution in [0.25, 0.3) is 10.9 Å². The number of nitrogens with one attached hydrogen (secondary N) is 1. The van der Waals surface area contributed by atoms with Gasteiger partial charge in [0.2, 0.25) is 12.7 Å². The van der Waals surface area contributed by atoms with Gasteiger partial charge in [0.1, 0.15) is 0 Å². The Bertz CT molecular complexity index is 1320. The van der Waals surface area contributed by atoms with Gasteiger partial charge in [-0.25, -0.2) is 4.98 Å². The molecule has 1 N–H and O–H groups in total. The highest BCUT2D eigenvalue weighted by atomic mass is 32.2. The Labute approximate surface area is 213 Å². The SMILES string of the molecule is CCC(C)NC(=O)CSc1nc2ccc(N3CCOCC3)cc2c(=O)n1Cc1ccc2c(c1)OCO2. The summed E-state index contributed by atoms with van der Waals surface area (Å²) in [5, 5.41) is 4.02. The third-order valence-corrected chi connectivity index (χ3v) is 7.39. The Kier molecular flexibility index (Phi) is 7.33. The van der Waals surface area contributed by atoms with E-state index in [1.165, 1.54) is 11.8 Å². The number of hydrogen-bond acceptors (Lipinski definition) is 8. The van der Waals surface area contributed by atoms with Crippen molar-refractivity contribution in [1.82, 2.24) is 14.9 Å². The van der Waals surface area contributed by atoms with E-state index < -0.39 is 0 Å². The van der Waals surface area contributed by atoms with E-state index in [4.69, 9.17) is 19.2 Å². The quantitative estimate of drug-likeness (QED) is 0.365. The lowest BCUT2D eigenvalue weighted by atomic mass is 10.1. The van der Waals surface area contributed by atoms with E-state index in [1.54, 1.807) is 4.57 Å². The summed E-state index contributed by atoms with van der Waals surface area (Å²) in [5.74, 6) is 1.44. The van der Waals surface area contributed by atoms with Crippen LogP contribution < -0.4 is 25.2 Å². The molecule has 2 aliphatic rings. The summed E-state index contributed by atoms with van der Waals surface area (Å²) in [6.07, 6.45) is 0.852. The van der Waals surface area contributed by atoms with Gasteiger partial charge < -0.3 is 24.4 Å². The molecule has 2 aliphatic heterocycles. The summed E-state index contributed by atoms with van der Waals surface area (Å²) in [6.45, 7) is 7.38. The molecule has 1 saturated heterocycles. The van der Waals surface area contributed by atoms with Crippen molar-refractivity contribution >= 4 is 34.3 Å². The fourth-order valence-electron chi connectivity index (χ4n) is 4.23.